The van der Waals surface area contributed by atoms with Crippen LogP contribution in [0.2, 0.25) is 0 Å². The minimum Gasteiger partial charge on any atom is -0.452 e. The second kappa shape index (κ2) is 7.68. The lowest BCUT2D eigenvalue weighted by Crippen LogP contribution is -2.29. The van der Waals surface area contributed by atoms with Gasteiger partial charge in [0.05, 0.1) is 5.56 Å². The van der Waals surface area contributed by atoms with Crippen LogP contribution in [0.4, 0.5) is 0 Å². The topological polar surface area (TPSA) is 26.3 Å². The Kier molecular flexibility index (Phi) is 6.23. The van der Waals surface area contributed by atoms with Crippen LogP contribution in [0.25, 0.3) is 0 Å². The molecule has 20 heavy (non-hydrogen) atoms. The van der Waals surface area contributed by atoms with Crippen molar-refractivity contribution in [3.8, 4) is 0 Å². The van der Waals surface area contributed by atoms with E-state index in [-0.39, 0.29) is 5.97 Å². The normalized spacial score (nSPS) is 14.4. The Labute approximate surface area is 122 Å². The molecule has 0 fully saturated rings. The standard InChI is InChI=1S/C18H24O2/c1-5-15(3)11-10-14-18(4,6-2)20-17(19)16-12-8-7-9-13-16/h6-9,11-13H,2,5,10,14H2,1,3-4H3. The van der Waals surface area contributed by atoms with Gasteiger partial charge in [-0.05, 0) is 51.3 Å². The number of rotatable bonds is 7. The Balaban J connectivity index is 2.65. The van der Waals surface area contributed by atoms with Crippen LogP contribution in [0, 0.1) is 0 Å². The number of esters is 1. The third kappa shape index (κ3) is 5.04. The predicted molar refractivity (Wildman–Crippen MR) is 83.7 cm³/mol. The second-order valence-corrected chi connectivity index (χ2v) is 5.22. The van der Waals surface area contributed by atoms with E-state index in [9.17, 15) is 4.79 Å². The molecule has 0 amide bonds. The van der Waals surface area contributed by atoms with Crippen molar-refractivity contribution < 1.29 is 9.53 Å². The van der Waals surface area contributed by atoms with E-state index in [0.717, 1.165) is 19.3 Å². The summed E-state index contributed by atoms with van der Waals surface area (Å²) in [5.74, 6) is -0.302. The van der Waals surface area contributed by atoms with Crippen LogP contribution in [0.5, 0.6) is 0 Å². The van der Waals surface area contributed by atoms with E-state index >= 15 is 0 Å². The monoisotopic (exact) mass is 272 g/mol. The van der Waals surface area contributed by atoms with Crippen molar-refractivity contribution in [1.29, 1.82) is 0 Å². The summed E-state index contributed by atoms with van der Waals surface area (Å²) in [7, 11) is 0. The number of ether oxygens (including phenoxy) is 1. The first-order valence-electron chi connectivity index (χ1n) is 7.08. The molecule has 0 radical (unpaired) electrons. The van der Waals surface area contributed by atoms with Crippen LogP contribution in [-0.2, 0) is 4.74 Å². The van der Waals surface area contributed by atoms with Gasteiger partial charge in [0.25, 0.3) is 0 Å². The maximum Gasteiger partial charge on any atom is 0.338 e. The van der Waals surface area contributed by atoms with Gasteiger partial charge in [-0.25, -0.2) is 4.79 Å². The predicted octanol–water partition coefficient (Wildman–Crippen LogP) is 4.92. The molecular weight excluding hydrogens is 248 g/mol. The Morgan fingerprint density at radius 2 is 2.00 bits per heavy atom. The summed E-state index contributed by atoms with van der Waals surface area (Å²) in [6.45, 7) is 9.94. The zero-order valence-electron chi connectivity index (χ0n) is 12.7. The number of hydrogen-bond acceptors (Lipinski definition) is 2. The first-order valence-corrected chi connectivity index (χ1v) is 7.08. The molecule has 2 heteroatoms. The van der Waals surface area contributed by atoms with Gasteiger partial charge in [0.15, 0.2) is 0 Å². The summed E-state index contributed by atoms with van der Waals surface area (Å²) < 4.78 is 5.60. The fourth-order valence-electron chi connectivity index (χ4n) is 1.79. The smallest absolute Gasteiger partial charge is 0.338 e. The summed E-state index contributed by atoms with van der Waals surface area (Å²) in [6, 6.07) is 9.05. The van der Waals surface area contributed by atoms with Crippen molar-refractivity contribution in [1.82, 2.24) is 0 Å². The number of benzene rings is 1. The number of carbonyl (C=O) groups is 1. The zero-order chi connectivity index (χ0) is 15.0. The SMILES string of the molecule is C=CC(C)(CCC=C(C)CC)OC(=O)c1ccccc1. The van der Waals surface area contributed by atoms with Crippen molar-refractivity contribution in [2.75, 3.05) is 0 Å². The molecule has 1 aromatic carbocycles. The van der Waals surface area contributed by atoms with Crippen molar-refractivity contribution >= 4 is 5.97 Å². The fourth-order valence-corrected chi connectivity index (χ4v) is 1.79. The van der Waals surface area contributed by atoms with E-state index < -0.39 is 5.60 Å². The maximum absolute atomic E-state index is 12.1. The Morgan fingerprint density at radius 1 is 1.35 bits per heavy atom. The lowest BCUT2D eigenvalue weighted by atomic mass is 9.98. The van der Waals surface area contributed by atoms with E-state index in [1.165, 1.54) is 5.57 Å². The first kappa shape index (κ1) is 16.2. The van der Waals surface area contributed by atoms with E-state index in [1.807, 2.05) is 25.1 Å². The summed E-state index contributed by atoms with van der Waals surface area (Å²) in [5.41, 5.74) is 1.30. The molecule has 1 atom stereocenters. The van der Waals surface area contributed by atoms with Crippen LogP contribution >= 0.6 is 0 Å². The van der Waals surface area contributed by atoms with E-state index in [1.54, 1.807) is 18.2 Å². The first-order chi connectivity index (χ1) is 9.50. The Hall–Kier alpha value is -1.83. The van der Waals surface area contributed by atoms with Crippen LogP contribution < -0.4 is 0 Å². The number of carbonyl (C=O) groups excluding carboxylic acids is 1. The van der Waals surface area contributed by atoms with Gasteiger partial charge in [-0.15, -0.1) is 0 Å². The van der Waals surface area contributed by atoms with E-state index in [4.69, 9.17) is 4.74 Å². The van der Waals surface area contributed by atoms with Crippen molar-refractivity contribution in [2.45, 2.75) is 45.6 Å². The van der Waals surface area contributed by atoms with Gasteiger partial charge in [-0.1, -0.05) is 43.4 Å². The van der Waals surface area contributed by atoms with Crippen LogP contribution in [-0.4, -0.2) is 11.6 Å². The molecule has 1 aromatic rings. The minimum absolute atomic E-state index is 0.302. The highest BCUT2D eigenvalue weighted by atomic mass is 16.6. The molecule has 0 saturated heterocycles. The quantitative estimate of drug-likeness (QED) is 0.520. The zero-order valence-corrected chi connectivity index (χ0v) is 12.7. The molecule has 1 rings (SSSR count). The highest BCUT2D eigenvalue weighted by Crippen LogP contribution is 2.22. The van der Waals surface area contributed by atoms with Crippen molar-refractivity contribution in [3.05, 3.63) is 60.2 Å². The minimum atomic E-state index is -0.628. The van der Waals surface area contributed by atoms with Crippen LogP contribution in [0.1, 0.15) is 50.4 Å². The molecule has 0 saturated carbocycles. The van der Waals surface area contributed by atoms with Gasteiger partial charge in [-0.2, -0.15) is 0 Å². The maximum atomic E-state index is 12.1. The van der Waals surface area contributed by atoms with Gasteiger partial charge in [0, 0.05) is 0 Å². The van der Waals surface area contributed by atoms with Crippen LogP contribution in [0.3, 0.4) is 0 Å². The Bertz CT molecular complexity index is 473. The van der Waals surface area contributed by atoms with Crippen molar-refractivity contribution in [2.24, 2.45) is 0 Å². The third-order valence-corrected chi connectivity index (χ3v) is 3.46. The number of allylic oxidation sites excluding steroid dienone is 2. The second-order valence-electron chi connectivity index (χ2n) is 5.22. The summed E-state index contributed by atoms with van der Waals surface area (Å²) >= 11 is 0. The lowest BCUT2D eigenvalue weighted by Gasteiger charge is -2.25. The molecule has 0 aliphatic rings. The van der Waals surface area contributed by atoms with Gasteiger partial charge in [-0.3, -0.25) is 0 Å². The Morgan fingerprint density at radius 3 is 2.55 bits per heavy atom. The summed E-state index contributed by atoms with van der Waals surface area (Å²) in [5, 5.41) is 0. The highest BCUT2D eigenvalue weighted by Gasteiger charge is 2.24. The average molecular weight is 272 g/mol. The molecule has 0 N–H and O–H groups in total. The van der Waals surface area contributed by atoms with E-state index in [0.29, 0.717) is 5.56 Å². The molecule has 0 aromatic heterocycles. The molecule has 108 valence electrons. The molecule has 0 aliphatic heterocycles. The molecule has 0 heterocycles. The third-order valence-electron chi connectivity index (χ3n) is 3.46. The molecule has 0 bridgehead atoms. The van der Waals surface area contributed by atoms with Crippen LogP contribution in [0.15, 0.2) is 54.6 Å². The molecule has 0 spiro atoms. The fraction of sp³-hybridized carbons (Fsp3) is 0.389. The van der Waals surface area contributed by atoms with E-state index in [2.05, 4.69) is 26.5 Å². The van der Waals surface area contributed by atoms with Gasteiger partial charge in [0.1, 0.15) is 5.60 Å². The average Bonchev–Trinajstić information content (AvgIpc) is 2.47. The highest BCUT2D eigenvalue weighted by molar-refractivity contribution is 5.89. The molecule has 2 nitrogen and oxygen atoms in total. The molecule has 0 aliphatic carbocycles. The largest absolute Gasteiger partial charge is 0.452 e. The summed E-state index contributed by atoms with van der Waals surface area (Å²) in [4.78, 5) is 12.1. The van der Waals surface area contributed by atoms with Gasteiger partial charge < -0.3 is 4.74 Å². The molecular formula is C18H24O2. The molecule has 1 unspecified atom stereocenters. The lowest BCUT2D eigenvalue weighted by molar-refractivity contribution is 0.00835. The van der Waals surface area contributed by atoms with Gasteiger partial charge in [0.2, 0.25) is 0 Å². The van der Waals surface area contributed by atoms with Crippen molar-refractivity contribution in [3.63, 3.8) is 0 Å². The van der Waals surface area contributed by atoms with Gasteiger partial charge >= 0.3 is 5.97 Å². The summed E-state index contributed by atoms with van der Waals surface area (Å²) in [6.07, 6.45) is 6.58. The number of hydrogen-bond donors (Lipinski definition) is 0.